The minimum absolute atomic E-state index is 0.0178. The average Bonchev–Trinajstić information content (AvgIpc) is 2.99. The Kier molecular flexibility index (Phi) is 8.08. The number of hydrogen-bond acceptors (Lipinski definition) is 6. The molecular formula is C21H34N6O4Si. The van der Waals surface area contributed by atoms with Crippen molar-refractivity contribution in [3.63, 3.8) is 0 Å². The van der Waals surface area contributed by atoms with Gasteiger partial charge in [0.15, 0.2) is 11.5 Å². The molecule has 1 aliphatic rings. The molecule has 1 saturated heterocycles. The highest BCUT2D eigenvalue weighted by atomic mass is 28.3. The van der Waals surface area contributed by atoms with Gasteiger partial charge in [-0.1, -0.05) is 19.6 Å². The van der Waals surface area contributed by atoms with Gasteiger partial charge in [-0.3, -0.25) is 5.32 Å². The van der Waals surface area contributed by atoms with E-state index in [1.807, 2.05) is 16.8 Å². The minimum atomic E-state index is -1.12. The number of aromatic nitrogens is 3. The Morgan fingerprint density at radius 2 is 2.06 bits per heavy atom. The first-order valence-electron chi connectivity index (χ1n) is 11.1. The van der Waals surface area contributed by atoms with Crippen LogP contribution >= 0.6 is 0 Å². The van der Waals surface area contributed by atoms with Gasteiger partial charge in [0, 0.05) is 40.0 Å². The third kappa shape index (κ3) is 6.92. The van der Waals surface area contributed by atoms with Crippen molar-refractivity contribution in [2.45, 2.75) is 57.7 Å². The Balaban J connectivity index is 1.50. The van der Waals surface area contributed by atoms with Crippen LogP contribution < -0.4 is 10.6 Å². The molecule has 3 rings (SSSR count). The zero-order valence-electron chi connectivity index (χ0n) is 19.4. The van der Waals surface area contributed by atoms with E-state index < -0.39 is 8.07 Å². The lowest BCUT2D eigenvalue weighted by Gasteiger charge is -2.19. The number of ether oxygens (including phenoxy) is 2. The highest BCUT2D eigenvalue weighted by molar-refractivity contribution is 6.76. The second-order valence-electron chi connectivity index (χ2n) is 9.28. The van der Waals surface area contributed by atoms with E-state index in [0.717, 1.165) is 31.1 Å². The van der Waals surface area contributed by atoms with E-state index >= 15 is 0 Å². The van der Waals surface area contributed by atoms with Crippen molar-refractivity contribution in [1.82, 2.24) is 24.8 Å². The quantitative estimate of drug-likeness (QED) is 0.481. The van der Waals surface area contributed by atoms with Crippen molar-refractivity contribution in [1.29, 1.82) is 0 Å². The summed E-state index contributed by atoms with van der Waals surface area (Å²) in [6, 6.07) is 2.63. The Hall–Kier alpha value is -2.66. The summed E-state index contributed by atoms with van der Waals surface area (Å²) < 4.78 is 12.5. The molecule has 0 saturated carbocycles. The Morgan fingerprint density at radius 3 is 2.81 bits per heavy atom. The normalized spacial score (nSPS) is 17.1. The predicted octanol–water partition coefficient (Wildman–Crippen LogP) is 3.49. The number of nitrogens with zero attached hydrogens (tertiary/aromatic N) is 4. The SMILES string of the molecule is COC(=O)N1CCCC(NC(=O)Nc2cnc3c(ccn3COCC[Si](C)(C)C)n2)CC1. The van der Waals surface area contributed by atoms with Gasteiger partial charge in [0.25, 0.3) is 0 Å². The van der Waals surface area contributed by atoms with Gasteiger partial charge in [0.1, 0.15) is 12.2 Å². The third-order valence-electron chi connectivity index (χ3n) is 5.43. The molecule has 1 aliphatic heterocycles. The number of methoxy groups -OCH3 is 1. The molecule has 2 aromatic heterocycles. The van der Waals surface area contributed by atoms with E-state index in [2.05, 4.69) is 40.2 Å². The molecule has 1 atom stereocenters. The molecule has 10 nitrogen and oxygen atoms in total. The van der Waals surface area contributed by atoms with E-state index in [1.165, 1.54) is 7.11 Å². The number of amides is 3. The maximum atomic E-state index is 12.4. The summed E-state index contributed by atoms with van der Waals surface area (Å²) in [5.41, 5.74) is 1.41. The Labute approximate surface area is 189 Å². The lowest BCUT2D eigenvalue weighted by Crippen LogP contribution is -2.39. The van der Waals surface area contributed by atoms with Crippen LogP contribution in [0.3, 0.4) is 0 Å². The standard InChI is InChI=1S/C21H34N6O4Si/c1-30-21(29)26-9-5-6-16(7-10-26)23-20(28)25-18-14-22-19-17(24-18)8-11-27(19)15-31-12-13-32(2,3)4/h8,11,14,16H,5-7,9-10,12-13,15H2,1-4H3,(H2,23,24,25,28). The van der Waals surface area contributed by atoms with Gasteiger partial charge in [-0.25, -0.2) is 19.6 Å². The molecule has 0 bridgehead atoms. The summed E-state index contributed by atoms with van der Waals surface area (Å²) in [6.45, 7) is 9.32. The van der Waals surface area contributed by atoms with Gasteiger partial charge >= 0.3 is 12.1 Å². The maximum Gasteiger partial charge on any atom is 0.409 e. The largest absolute Gasteiger partial charge is 0.453 e. The van der Waals surface area contributed by atoms with E-state index in [1.54, 1.807) is 11.1 Å². The summed E-state index contributed by atoms with van der Waals surface area (Å²) in [4.78, 5) is 34.7. The van der Waals surface area contributed by atoms with E-state index in [0.29, 0.717) is 37.6 Å². The van der Waals surface area contributed by atoms with Crippen LogP contribution in [0.25, 0.3) is 11.2 Å². The molecule has 0 aliphatic carbocycles. The highest BCUT2D eigenvalue weighted by Gasteiger charge is 2.22. The number of carbonyl (C=O) groups is 2. The van der Waals surface area contributed by atoms with Gasteiger partial charge in [-0.2, -0.15) is 0 Å². The predicted molar refractivity (Wildman–Crippen MR) is 125 cm³/mol. The summed E-state index contributed by atoms with van der Waals surface area (Å²) in [5.74, 6) is 0.386. The van der Waals surface area contributed by atoms with E-state index in [9.17, 15) is 9.59 Å². The molecule has 32 heavy (non-hydrogen) atoms. The molecule has 0 spiro atoms. The van der Waals surface area contributed by atoms with Crippen LogP contribution in [-0.2, 0) is 16.2 Å². The van der Waals surface area contributed by atoms with Gasteiger partial charge in [0.2, 0.25) is 0 Å². The van der Waals surface area contributed by atoms with Crippen LogP contribution in [0.5, 0.6) is 0 Å². The zero-order valence-corrected chi connectivity index (χ0v) is 20.4. The molecule has 176 valence electrons. The summed E-state index contributed by atoms with van der Waals surface area (Å²) in [6.07, 6.45) is 5.39. The number of hydrogen-bond donors (Lipinski definition) is 2. The molecule has 3 heterocycles. The van der Waals surface area contributed by atoms with Crippen LogP contribution in [-0.4, -0.2) is 72.5 Å². The van der Waals surface area contributed by atoms with Gasteiger partial charge in [-0.05, 0) is 31.4 Å². The lowest BCUT2D eigenvalue weighted by molar-refractivity contribution is 0.0899. The van der Waals surface area contributed by atoms with Gasteiger partial charge in [0.05, 0.1) is 13.3 Å². The second-order valence-corrected chi connectivity index (χ2v) is 14.9. The molecule has 11 heteroatoms. The maximum absolute atomic E-state index is 12.4. The number of likely N-dealkylation sites (tertiary alicyclic amines) is 1. The number of carbonyl (C=O) groups excluding carboxylic acids is 2. The van der Waals surface area contributed by atoms with Gasteiger partial charge < -0.3 is 24.3 Å². The first-order valence-corrected chi connectivity index (χ1v) is 14.8. The first-order chi connectivity index (χ1) is 15.2. The average molecular weight is 463 g/mol. The summed E-state index contributed by atoms with van der Waals surface area (Å²) in [7, 11) is 0.262. The lowest BCUT2D eigenvalue weighted by atomic mass is 10.1. The van der Waals surface area contributed by atoms with Crippen molar-refractivity contribution in [3.8, 4) is 0 Å². The second kappa shape index (κ2) is 10.8. The van der Waals surface area contributed by atoms with E-state index in [4.69, 9.17) is 9.47 Å². The van der Waals surface area contributed by atoms with Crippen LogP contribution in [0.15, 0.2) is 18.5 Å². The molecular weight excluding hydrogens is 428 g/mol. The summed E-state index contributed by atoms with van der Waals surface area (Å²) in [5, 5.41) is 5.73. The molecule has 2 N–H and O–H groups in total. The zero-order chi connectivity index (χ0) is 23.1. The van der Waals surface area contributed by atoms with Crippen LogP contribution in [0.1, 0.15) is 19.3 Å². The summed E-state index contributed by atoms with van der Waals surface area (Å²) >= 11 is 0. The molecule has 2 aromatic rings. The topological polar surface area (TPSA) is 111 Å². The smallest absolute Gasteiger partial charge is 0.409 e. The van der Waals surface area contributed by atoms with Crippen molar-refractivity contribution >= 4 is 37.2 Å². The third-order valence-corrected chi connectivity index (χ3v) is 7.13. The van der Waals surface area contributed by atoms with Crippen LogP contribution in [0.2, 0.25) is 25.7 Å². The van der Waals surface area contributed by atoms with Crippen molar-refractivity contribution in [3.05, 3.63) is 18.5 Å². The molecule has 1 fully saturated rings. The number of anilines is 1. The monoisotopic (exact) mass is 462 g/mol. The first kappa shape index (κ1) is 24.0. The Bertz CT molecular complexity index is 929. The fourth-order valence-electron chi connectivity index (χ4n) is 3.56. The van der Waals surface area contributed by atoms with E-state index in [-0.39, 0.29) is 18.2 Å². The number of rotatable bonds is 7. The molecule has 1 unspecified atom stereocenters. The van der Waals surface area contributed by atoms with Crippen molar-refractivity contribution in [2.75, 3.05) is 32.1 Å². The number of fused-ring (bicyclic) bond motifs is 1. The molecule has 0 radical (unpaired) electrons. The van der Waals surface area contributed by atoms with Crippen molar-refractivity contribution < 1.29 is 19.1 Å². The highest BCUT2D eigenvalue weighted by Crippen LogP contribution is 2.16. The van der Waals surface area contributed by atoms with Crippen LogP contribution in [0, 0.1) is 0 Å². The minimum Gasteiger partial charge on any atom is -0.453 e. The fourth-order valence-corrected chi connectivity index (χ4v) is 4.31. The molecule has 0 aromatic carbocycles. The molecule has 3 amide bonds. The van der Waals surface area contributed by atoms with Crippen molar-refractivity contribution in [2.24, 2.45) is 0 Å². The number of urea groups is 1. The Morgan fingerprint density at radius 1 is 1.25 bits per heavy atom. The number of nitrogens with one attached hydrogen (secondary N) is 2. The fraction of sp³-hybridized carbons (Fsp3) is 0.619. The van der Waals surface area contributed by atoms with Gasteiger partial charge in [-0.15, -0.1) is 0 Å². The van der Waals surface area contributed by atoms with Crippen LogP contribution in [0.4, 0.5) is 15.4 Å².